The second-order valence-corrected chi connectivity index (χ2v) is 5.69. The molecule has 4 nitrogen and oxygen atoms in total. The Bertz CT molecular complexity index is 513. The van der Waals surface area contributed by atoms with Crippen molar-refractivity contribution in [3.05, 3.63) is 23.3 Å². The lowest BCUT2D eigenvalue weighted by Gasteiger charge is -2.23. The molecular weight excluding hydrogens is 242 g/mol. The van der Waals surface area contributed by atoms with Gasteiger partial charge in [0.15, 0.2) is 0 Å². The molecule has 0 aliphatic heterocycles. The number of carbonyl (C=O) groups excluding carboxylic acids is 2. The van der Waals surface area contributed by atoms with E-state index in [1.165, 1.54) is 0 Å². The molecule has 0 fully saturated rings. The number of carbonyl (C=O) groups is 2. The zero-order valence-electron chi connectivity index (χ0n) is 12.1. The lowest BCUT2D eigenvalue weighted by atomic mass is 9.85. The average molecular weight is 263 g/mol. The number of aryl methyl sites for hydroxylation is 1. The molecule has 19 heavy (non-hydrogen) atoms. The van der Waals surface area contributed by atoms with E-state index >= 15 is 0 Å². The highest BCUT2D eigenvalue weighted by Crippen LogP contribution is 2.37. The number of aromatic hydroxyl groups is 1. The summed E-state index contributed by atoms with van der Waals surface area (Å²) in [6.07, 6.45) is 0.143. The zero-order valence-corrected chi connectivity index (χ0v) is 12.1. The molecule has 0 radical (unpaired) electrons. The van der Waals surface area contributed by atoms with Gasteiger partial charge in [-0.1, -0.05) is 33.8 Å². The summed E-state index contributed by atoms with van der Waals surface area (Å²) in [4.78, 5) is 22.9. The van der Waals surface area contributed by atoms with Crippen LogP contribution >= 0.6 is 0 Å². The van der Waals surface area contributed by atoms with Gasteiger partial charge >= 0.3 is 0 Å². The van der Waals surface area contributed by atoms with E-state index in [0.29, 0.717) is 0 Å². The van der Waals surface area contributed by atoms with Crippen LogP contribution in [-0.4, -0.2) is 16.8 Å². The van der Waals surface area contributed by atoms with Gasteiger partial charge in [0, 0.05) is 12.0 Å². The van der Waals surface area contributed by atoms with E-state index in [4.69, 9.17) is 0 Å². The molecule has 0 aromatic heterocycles. The SMILES string of the molecule is CCC(=O)C(=O)Nc1cc(C)cc(C(C)(C)C)c1O. The Hall–Kier alpha value is -1.84. The summed E-state index contributed by atoms with van der Waals surface area (Å²) >= 11 is 0. The molecule has 0 bridgehead atoms. The van der Waals surface area contributed by atoms with Crippen LogP contribution in [0.25, 0.3) is 0 Å². The number of hydrogen-bond acceptors (Lipinski definition) is 3. The van der Waals surface area contributed by atoms with Crippen molar-refractivity contribution in [2.24, 2.45) is 0 Å². The third kappa shape index (κ3) is 3.56. The van der Waals surface area contributed by atoms with Crippen molar-refractivity contribution in [2.75, 3.05) is 5.32 Å². The van der Waals surface area contributed by atoms with Gasteiger partial charge in [0.05, 0.1) is 5.69 Å². The van der Waals surface area contributed by atoms with E-state index in [0.717, 1.165) is 11.1 Å². The van der Waals surface area contributed by atoms with Crippen molar-refractivity contribution in [1.82, 2.24) is 0 Å². The maximum absolute atomic E-state index is 11.6. The first-order valence-corrected chi connectivity index (χ1v) is 6.35. The van der Waals surface area contributed by atoms with Gasteiger partial charge in [-0.25, -0.2) is 0 Å². The number of amides is 1. The third-order valence-corrected chi connectivity index (χ3v) is 2.88. The Morgan fingerprint density at radius 1 is 1.26 bits per heavy atom. The topological polar surface area (TPSA) is 66.4 Å². The first kappa shape index (κ1) is 15.2. The van der Waals surface area contributed by atoms with Gasteiger partial charge in [-0.05, 0) is 24.0 Å². The van der Waals surface area contributed by atoms with Crippen molar-refractivity contribution in [2.45, 2.75) is 46.5 Å². The number of anilines is 1. The first-order valence-electron chi connectivity index (χ1n) is 6.35. The van der Waals surface area contributed by atoms with Crippen LogP contribution in [0.15, 0.2) is 12.1 Å². The number of ketones is 1. The van der Waals surface area contributed by atoms with Crippen molar-refractivity contribution in [1.29, 1.82) is 0 Å². The Kier molecular flexibility index (Phi) is 4.35. The molecule has 4 heteroatoms. The summed E-state index contributed by atoms with van der Waals surface area (Å²) in [5, 5.41) is 12.7. The predicted molar refractivity (Wildman–Crippen MR) is 75.5 cm³/mol. The van der Waals surface area contributed by atoms with Crippen molar-refractivity contribution in [3.63, 3.8) is 0 Å². The molecule has 1 aromatic rings. The van der Waals surface area contributed by atoms with E-state index < -0.39 is 11.7 Å². The van der Waals surface area contributed by atoms with Gasteiger partial charge in [-0.2, -0.15) is 0 Å². The lowest BCUT2D eigenvalue weighted by Crippen LogP contribution is -2.22. The monoisotopic (exact) mass is 263 g/mol. The van der Waals surface area contributed by atoms with Crippen molar-refractivity contribution in [3.8, 4) is 5.75 Å². The minimum Gasteiger partial charge on any atom is -0.505 e. The van der Waals surface area contributed by atoms with Crippen LogP contribution in [0.5, 0.6) is 5.75 Å². The highest BCUT2D eigenvalue weighted by atomic mass is 16.3. The standard InChI is InChI=1S/C15H21NO3/c1-6-12(17)14(19)16-11-8-9(2)7-10(13(11)18)15(3,4)5/h7-8,18H,6H2,1-5H3,(H,16,19). The Morgan fingerprint density at radius 2 is 1.84 bits per heavy atom. The summed E-state index contributed by atoms with van der Waals surface area (Å²) in [6.45, 7) is 9.43. The molecule has 0 atom stereocenters. The van der Waals surface area contributed by atoms with Crippen LogP contribution in [0.1, 0.15) is 45.2 Å². The van der Waals surface area contributed by atoms with Gasteiger partial charge in [0.25, 0.3) is 5.91 Å². The number of phenols is 1. The average Bonchev–Trinajstić information content (AvgIpc) is 2.30. The number of benzene rings is 1. The lowest BCUT2D eigenvalue weighted by molar-refractivity contribution is -0.134. The number of nitrogens with one attached hydrogen (secondary N) is 1. The van der Waals surface area contributed by atoms with Crippen LogP contribution < -0.4 is 5.32 Å². The predicted octanol–water partition coefficient (Wildman–Crippen LogP) is 2.92. The quantitative estimate of drug-likeness (QED) is 0.651. The van der Waals surface area contributed by atoms with Gasteiger partial charge in [0.2, 0.25) is 5.78 Å². The summed E-state index contributed by atoms with van der Waals surface area (Å²) in [5.41, 5.74) is 1.70. The zero-order chi connectivity index (χ0) is 14.8. The fourth-order valence-electron chi connectivity index (χ4n) is 1.80. The number of phenolic OH excluding ortho intramolecular Hbond substituents is 1. The molecule has 0 aliphatic rings. The molecule has 0 saturated heterocycles. The molecule has 1 aromatic carbocycles. The van der Waals surface area contributed by atoms with Crippen LogP contribution in [-0.2, 0) is 15.0 Å². The van der Waals surface area contributed by atoms with E-state index in [1.54, 1.807) is 13.0 Å². The molecular formula is C15H21NO3. The molecule has 1 rings (SSSR count). The van der Waals surface area contributed by atoms with Crippen LogP contribution in [0.2, 0.25) is 0 Å². The maximum Gasteiger partial charge on any atom is 0.291 e. The molecule has 2 N–H and O–H groups in total. The summed E-state index contributed by atoms with van der Waals surface area (Å²) < 4.78 is 0. The minimum atomic E-state index is -0.691. The third-order valence-electron chi connectivity index (χ3n) is 2.88. The highest BCUT2D eigenvalue weighted by molar-refractivity contribution is 6.40. The van der Waals surface area contributed by atoms with E-state index in [-0.39, 0.29) is 23.3 Å². The van der Waals surface area contributed by atoms with Gasteiger partial charge in [-0.15, -0.1) is 0 Å². The molecule has 0 aliphatic carbocycles. The molecule has 0 spiro atoms. The summed E-state index contributed by atoms with van der Waals surface area (Å²) in [6, 6.07) is 3.54. The van der Waals surface area contributed by atoms with Crippen molar-refractivity contribution < 1.29 is 14.7 Å². The summed E-state index contributed by atoms with van der Waals surface area (Å²) in [7, 11) is 0. The molecule has 0 heterocycles. The number of Topliss-reactive ketones (excluding diaryl/α,β-unsaturated/α-hetero) is 1. The van der Waals surface area contributed by atoms with E-state index in [1.807, 2.05) is 33.8 Å². The second kappa shape index (κ2) is 5.43. The van der Waals surface area contributed by atoms with Crippen LogP contribution in [0, 0.1) is 6.92 Å². The second-order valence-electron chi connectivity index (χ2n) is 5.69. The Labute approximate surface area is 113 Å². The van der Waals surface area contributed by atoms with Gasteiger partial charge in [-0.3, -0.25) is 9.59 Å². The number of hydrogen-bond donors (Lipinski definition) is 2. The maximum atomic E-state index is 11.6. The molecule has 0 saturated carbocycles. The Morgan fingerprint density at radius 3 is 2.32 bits per heavy atom. The molecule has 1 amide bonds. The Balaban J connectivity index is 3.19. The smallest absolute Gasteiger partial charge is 0.291 e. The highest BCUT2D eigenvalue weighted by Gasteiger charge is 2.22. The van der Waals surface area contributed by atoms with Gasteiger partial charge < -0.3 is 10.4 Å². The first-order chi connectivity index (χ1) is 8.66. The van der Waals surface area contributed by atoms with Crippen molar-refractivity contribution >= 4 is 17.4 Å². The minimum absolute atomic E-state index is 0.0235. The summed E-state index contributed by atoms with van der Waals surface area (Å²) in [5.74, 6) is -1.17. The molecule has 0 unspecified atom stereocenters. The van der Waals surface area contributed by atoms with E-state index in [2.05, 4.69) is 5.32 Å². The molecule has 104 valence electrons. The van der Waals surface area contributed by atoms with Gasteiger partial charge in [0.1, 0.15) is 5.75 Å². The fourth-order valence-corrected chi connectivity index (χ4v) is 1.80. The number of rotatable bonds is 3. The van der Waals surface area contributed by atoms with Crippen LogP contribution in [0.4, 0.5) is 5.69 Å². The normalized spacial score (nSPS) is 11.2. The largest absolute Gasteiger partial charge is 0.505 e. The van der Waals surface area contributed by atoms with Crippen LogP contribution in [0.3, 0.4) is 0 Å². The van der Waals surface area contributed by atoms with E-state index in [9.17, 15) is 14.7 Å². The fraction of sp³-hybridized carbons (Fsp3) is 0.467.